The Morgan fingerprint density at radius 3 is 2.82 bits per heavy atom. The predicted molar refractivity (Wildman–Crippen MR) is 105 cm³/mol. The molecule has 8 heteroatoms. The van der Waals surface area contributed by atoms with Crippen molar-refractivity contribution in [3.8, 4) is 0 Å². The van der Waals surface area contributed by atoms with Gasteiger partial charge in [-0.05, 0) is 49.1 Å². The molecule has 4 rings (SSSR count). The van der Waals surface area contributed by atoms with Gasteiger partial charge in [0.05, 0.1) is 12.2 Å². The van der Waals surface area contributed by atoms with E-state index in [-0.39, 0.29) is 23.2 Å². The van der Waals surface area contributed by atoms with Crippen LogP contribution in [0.25, 0.3) is 0 Å². The number of sulfonamides is 1. The van der Waals surface area contributed by atoms with Gasteiger partial charge in [0.25, 0.3) is 10.0 Å². The normalized spacial score (nSPS) is 17.0. The zero-order valence-electron chi connectivity index (χ0n) is 15.6. The summed E-state index contributed by atoms with van der Waals surface area (Å²) < 4.78 is 42.9. The molecule has 0 aromatic heterocycles. The molecule has 2 aromatic carbocycles. The highest BCUT2D eigenvalue weighted by atomic mass is 32.2. The van der Waals surface area contributed by atoms with E-state index in [4.69, 9.17) is 0 Å². The number of likely N-dealkylation sites (N-methyl/N-ethyl adjacent to an activating group) is 1. The maximum Gasteiger partial charge on any atom is 0.285 e. The number of fused-ring (bicyclic) bond motifs is 2. The van der Waals surface area contributed by atoms with Gasteiger partial charge in [0.15, 0.2) is 5.84 Å². The summed E-state index contributed by atoms with van der Waals surface area (Å²) in [6.07, 6.45) is 1.48. The van der Waals surface area contributed by atoms with Gasteiger partial charge in [-0.1, -0.05) is 18.2 Å². The Labute approximate surface area is 163 Å². The van der Waals surface area contributed by atoms with E-state index < -0.39 is 15.8 Å². The van der Waals surface area contributed by atoms with Crippen LogP contribution in [0.2, 0.25) is 0 Å². The minimum Gasteiger partial charge on any atom is -0.349 e. The first-order chi connectivity index (χ1) is 13.3. The molecule has 2 heterocycles. The molecule has 0 N–H and O–H groups in total. The number of rotatable bonds is 2. The van der Waals surface area contributed by atoms with Crippen LogP contribution < -0.4 is 4.90 Å². The van der Waals surface area contributed by atoms with E-state index >= 15 is 0 Å². The van der Waals surface area contributed by atoms with E-state index in [0.29, 0.717) is 17.8 Å². The topological polar surface area (TPSA) is 70.1 Å². The van der Waals surface area contributed by atoms with Gasteiger partial charge < -0.3 is 9.80 Å². The van der Waals surface area contributed by atoms with E-state index in [2.05, 4.69) is 4.40 Å². The molecule has 146 valence electrons. The van der Waals surface area contributed by atoms with Crippen molar-refractivity contribution in [1.29, 1.82) is 0 Å². The minimum absolute atomic E-state index is 0.102. The number of benzene rings is 2. The fourth-order valence-corrected chi connectivity index (χ4v) is 5.07. The fraction of sp³-hybridized carbons (Fsp3) is 0.300. The van der Waals surface area contributed by atoms with Gasteiger partial charge >= 0.3 is 0 Å². The van der Waals surface area contributed by atoms with Crippen LogP contribution in [0.15, 0.2) is 45.7 Å². The monoisotopic (exact) mass is 401 g/mol. The third-order valence-corrected chi connectivity index (χ3v) is 6.36. The van der Waals surface area contributed by atoms with Crippen molar-refractivity contribution in [2.45, 2.75) is 24.7 Å². The first-order valence-electron chi connectivity index (χ1n) is 9.03. The lowest BCUT2D eigenvalue weighted by Gasteiger charge is -2.32. The number of amides is 1. The van der Waals surface area contributed by atoms with Gasteiger partial charge in [-0.25, -0.2) is 4.39 Å². The third-order valence-electron chi connectivity index (χ3n) is 5.03. The van der Waals surface area contributed by atoms with Crippen molar-refractivity contribution < 1.29 is 17.6 Å². The summed E-state index contributed by atoms with van der Waals surface area (Å²) in [6.45, 7) is 2.16. The Kier molecular flexibility index (Phi) is 4.45. The average Bonchev–Trinajstić information content (AvgIpc) is 2.92. The van der Waals surface area contributed by atoms with Gasteiger partial charge in [-0.2, -0.15) is 8.42 Å². The van der Waals surface area contributed by atoms with Crippen molar-refractivity contribution in [1.82, 2.24) is 4.90 Å². The maximum atomic E-state index is 14.6. The first-order valence-corrected chi connectivity index (χ1v) is 10.5. The van der Waals surface area contributed by atoms with Crippen LogP contribution in [0.4, 0.5) is 10.1 Å². The van der Waals surface area contributed by atoms with Crippen LogP contribution in [-0.2, 0) is 21.2 Å². The average molecular weight is 401 g/mol. The maximum absolute atomic E-state index is 14.6. The molecular formula is C20H20FN3O3S. The third kappa shape index (κ3) is 3.07. The molecule has 0 spiro atoms. The van der Waals surface area contributed by atoms with E-state index in [9.17, 15) is 17.6 Å². The molecule has 28 heavy (non-hydrogen) atoms. The Hall–Kier alpha value is -2.74. The van der Waals surface area contributed by atoms with Crippen molar-refractivity contribution in [2.75, 3.05) is 25.0 Å². The number of anilines is 1. The smallest absolute Gasteiger partial charge is 0.285 e. The summed E-state index contributed by atoms with van der Waals surface area (Å²) in [7, 11) is -2.14. The molecule has 0 atom stereocenters. The quantitative estimate of drug-likeness (QED) is 0.775. The zero-order chi connectivity index (χ0) is 20.1. The van der Waals surface area contributed by atoms with Crippen molar-refractivity contribution >= 4 is 27.5 Å². The molecule has 0 unspecified atom stereocenters. The number of aryl methyl sites for hydroxylation is 2. The molecule has 0 aliphatic carbocycles. The van der Waals surface area contributed by atoms with Gasteiger partial charge in [0.2, 0.25) is 5.91 Å². The van der Waals surface area contributed by atoms with Gasteiger partial charge in [0, 0.05) is 19.2 Å². The summed E-state index contributed by atoms with van der Waals surface area (Å²) in [5, 5.41) is 0. The van der Waals surface area contributed by atoms with Crippen LogP contribution in [0, 0.1) is 12.7 Å². The lowest BCUT2D eigenvalue weighted by molar-refractivity contribution is -0.118. The SMILES string of the molecule is Cc1cc(F)c2c(c1)CCCN2C(=O)CN(C)C1=NS(=O)(=O)c2ccccc21. The molecule has 2 aliphatic rings. The summed E-state index contributed by atoms with van der Waals surface area (Å²) in [6, 6.07) is 9.86. The zero-order valence-corrected chi connectivity index (χ0v) is 16.5. The number of carbonyl (C=O) groups is 1. The minimum atomic E-state index is -3.76. The number of carbonyl (C=O) groups excluding carboxylic acids is 1. The highest BCUT2D eigenvalue weighted by Gasteiger charge is 2.32. The molecule has 0 radical (unpaired) electrons. The van der Waals surface area contributed by atoms with E-state index in [1.54, 1.807) is 25.2 Å². The summed E-state index contributed by atoms with van der Waals surface area (Å²) in [5.41, 5.74) is 2.45. The second-order valence-electron chi connectivity index (χ2n) is 7.15. The number of amidine groups is 1. The van der Waals surface area contributed by atoms with Crippen molar-refractivity contribution in [2.24, 2.45) is 4.40 Å². The highest BCUT2D eigenvalue weighted by Crippen LogP contribution is 2.32. The van der Waals surface area contributed by atoms with Gasteiger partial charge in [0.1, 0.15) is 10.7 Å². The van der Waals surface area contributed by atoms with Gasteiger partial charge in [-0.15, -0.1) is 4.40 Å². The molecule has 0 saturated heterocycles. The largest absolute Gasteiger partial charge is 0.349 e. The summed E-state index contributed by atoms with van der Waals surface area (Å²) >= 11 is 0. The second kappa shape index (κ2) is 6.70. The Balaban J connectivity index is 1.61. The lowest BCUT2D eigenvalue weighted by Crippen LogP contribution is -2.43. The molecule has 0 bridgehead atoms. The Morgan fingerprint density at radius 2 is 2.04 bits per heavy atom. The molecule has 0 saturated carbocycles. The van der Waals surface area contributed by atoms with Crippen LogP contribution >= 0.6 is 0 Å². The second-order valence-corrected chi connectivity index (χ2v) is 8.72. The van der Waals surface area contributed by atoms with Crippen molar-refractivity contribution in [3.05, 3.63) is 58.9 Å². The number of nitrogens with zero attached hydrogens (tertiary/aromatic N) is 3. The standard InChI is InChI=1S/C20H20FN3O3S/c1-13-10-14-6-5-9-24(19(14)16(21)11-13)18(25)12-23(2)20-15-7-3-4-8-17(15)28(26,27)22-20/h3-4,7-8,10-11H,5-6,9,12H2,1-2H3. The first kappa shape index (κ1) is 18.6. The molecule has 2 aliphatic heterocycles. The predicted octanol–water partition coefficient (Wildman–Crippen LogP) is 2.49. The van der Waals surface area contributed by atoms with Gasteiger partial charge in [-0.3, -0.25) is 4.79 Å². The van der Waals surface area contributed by atoms with Crippen LogP contribution in [-0.4, -0.2) is 45.2 Å². The molecule has 6 nitrogen and oxygen atoms in total. The molecule has 2 aromatic rings. The molecular weight excluding hydrogens is 381 g/mol. The number of hydrogen-bond donors (Lipinski definition) is 0. The lowest BCUT2D eigenvalue weighted by atomic mass is 9.99. The summed E-state index contributed by atoms with van der Waals surface area (Å²) in [5.74, 6) is -0.474. The number of hydrogen-bond acceptors (Lipinski definition) is 4. The summed E-state index contributed by atoms with van der Waals surface area (Å²) in [4.78, 5) is 16.0. The highest BCUT2D eigenvalue weighted by molar-refractivity contribution is 7.90. The van der Waals surface area contributed by atoms with E-state index in [1.807, 2.05) is 13.0 Å². The van der Waals surface area contributed by atoms with E-state index in [1.165, 1.54) is 21.9 Å². The van der Waals surface area contributed by atoms with Crippen molar-refractivity contribution in [3.63, 3.8) is 0 Å². The van der Waals surface area contributed by atoms with Crippen LogP contribution in [0.1, 0.15) is 23.1 Å². The molecule has 0 fully saturated rings. The Bertz CT molecular complexity index is 1110. The number of halogens is 1. The molecule has 1 amide bonds. The van der Waals surface area contributed by atoms with Crippen LogP contribution in [0.5, 0.6) is 0 Å². The Morgan fingerprint density at radius 1 is 1.29 bits per heavy atom. The van der Waals surface area contributed by atoms with Crippen LogP contribution in [0.3, 0.4) is 0 Å². The fourth-order valence-electron chi connectivity index (χ4n) is 3.82. The van der Waals surface area contributed by atoms with E-state index in [0.717, 1.165) is 24.0 Å².